The fourth-order valence-electron chi connectivity index (χ4n) is 3.05. The van der Waals surface area contributed by atoms with Crippen LogP contribution in [-0.4, -0.2) is 36.4 Å². The Morgan fingerprint density at radius 3 is 2.36 bits per heavy atom. The van der Waals surface area contributed by atoms with Gasteiger partial charge in [0.2, 0.25) is 11.8 Å². The maximum Gasteiger partial charge on any atom is 0.242 e. The largest absolute Gasteiger partial charge is 0.497 e. The third-order valence-corrected chi connectivity index (χ3v) is 4.55. The van der Waals surface area contributed by atoms with Gasteiger partial charge >= 0.3 is 0 Å². The zero-order chi connectivity index (χ0) is 20.5. The number of halogens is 1. The average Bonchev–Trinajstić information content (AvgIpc) is 2.70. The van der Waals surface area contributed by atoms with Gasteiger partial charge in [0.15, 0.2) is 0 Å². The van der Waals surface area contributed by atoms with E-state index < -0.39 is 11.9 Å². The van der Waals surface area contributed by atoms with Crippen molar-refractivity contribution in [1.29, 1.82) is 0 Å². The minimum absolute atomic E-state index is 0.0985. The molecular weight excluding hydrogens is 359 g/mol. The fraction of sp³-hybridized carbons (Fsp3) is 0.364. The molecule has 0 bridgehead atoms. The molecule has 0 saturated heterocycles. The number of likely N-dealkylation sites (N-methyl/N-ethyl adjacent to an activating group) is 1. The Morgan fingerprint density at radius 2 is 1.79 bits per heavy atom. The summed E-state index contributed by atoms with van der Waals surface area (Å²) in [5, 5.41) is 2.78. The molecule has 1 atom stereocenters. The standard InChI is InChI=1S/C22H27FN2O3/c1-4-20(22(27)24-5-2)25(15-16-10-12-18(28-3)13-11-16)21(26)14-17-8-6-7-9-19(17)23/h6-13,20H,4-5,14-15H2,1-3H3,(H,24,27)/t20-/m0/s1. The summed E-state index contributed by atoms with van der Waals surface area (Å²) in [7, 11) is 1.58. The van der Waals surface area contributed by atoms with Crippen molar-refractivity contribution in [3.8, 4) is 5.75 Å². The van der Waals surface area contributed by atoms with Crippen molar-refractivity contribution in [3.63, 3.8) is 0 Å². The van der Waals surface area contributed by atoms with E-state index in [0.717, 1.165) is 5.56 Å². The molecule has 2 amide bonds. The van der Waals surface area contributed by atoms with E-state index >= 15 is 0 Å². The molecule has 0 aliphatic heterocycles. The van der Waals surface area contributed by atoms with Gasteiger partial charge in [0, 0.05) is 13.1 Å². The molecule has 6 heteroatoms. The third kappa shape index (κ3) is 5.55. The van der Waals surface area contributed by atoms with Gasteiger partial charge in [-0.3, -0.25) is 9.59 Å². The SMILES string of the molecule is CCNC(=O)[C@H](CC)N(Cc1ccc(OC)cc1)C(=O)Cc1ccccc1F. The zero-order valence-electron chi connectivity index (χ0n) is 16.6. The van der Waals surface area contributed by atoms with Gasteiger partial charge in [-0.15, -0.1) is 0 Å². The summed E-state index contributed by atoms with van der Waals surface area (Å²) >= 11 is 0. The lowest BCUT2D eigenvalue weighted by Crippen LogP contribution is -2.49. The lowest BCUT2D eigenvalue weighted by molar-refractivity contribution is -0.140. The van der Waals surface area contributed by atoms with Gasteiger partial charge in [-0.25, -0.2) is 4.39 Å². The highest BCUT2D eigenvalue weighted by Crippen LogP contribution is 2.18. The lowest BCUT2D eigenvalue weighted by Gasteiger charge is -2.30. The van der Waals surface area contributed by atoms with Crippen molar-refractivity contribution in [2.45, 2.75) is 39.3 Å². The lowest BCUT2D eigenvalue weighted by atomic mass is 10.1. The summed E-state index contributed by atoms with van der Waals surface area (Å²) in [6, 6.07) is 12.9. The summed E-state index contributed by atoms with van der Waals surface area (Å²) in [6.45, 7) is 4.43. The molecular formula is C22H27FN2O3. The highest BCUT2D eigenvalue weighted by atomic mass is 19.1. The van der Waals surface area contributed by atoms with E-state index in [2.05, 4.69) is 5.32 Å². The number of ether oxygens (including phenoxy) is 1. The Kier molecular flexibility index (Phi) is 7.99. The molecule has 2 aromatic carbocycles. The number of rotatable bonds is 9. The molecule has 2 aromatic rings. The summed E-state index contributed by atoms with van der Waals surface area (Å²) in [5.74, 6) is -0.213. The highest BCUT2D eigenvalue weighted by Gasteiger charge is 2.28. The number of nitrogens with one attached hydrogen (secondary N) is 1. The van der Waals surface area contributed by atoms with Crippen molar-refractivity contribution in [2.75, 3.05) is 13.7 Å². The van der Waals surface area contributed by atoms with Gasteiger partial charge in [-0.05, 0) is 42.7 Å². The molecule has 0 aromatic heterocycles. The number of carbonyl (C=O) groups is 2. The molecule has 150 valence electrons. The molecule has 0 fully saturated rings. The molecule has 0 spiro atoms. The molecule has 5 nitrogen and oxygen atoms in total. The van der Waals surface area contributed by atoms with Crippen molar-refractivity contribution in [1.82, 2.24) is 10.2 Å². The van der Waals surface area contributed by atoms with Crippen LogP contribution in [-0.2, 0) is 22.6 Å². The van der Waals surface area contributed by atoms with Crippen molar-refractivity contribution < 1.29 is 18.7 Å². The number of hydrogen-bond donors (Lipinski definition) is 1. The average molecular weight is 386 g/mol. The van der Waals surface area contributed by atoms with Crippen LogP contribution in [0.2, 0.25) is 0 Å². The Morgan fingerprint density at radius 1 is 1.11 bits per heavy atom. The monoisotopic (exact) mass is 386 g/mol. The van der Waals surface area contributed by atoms with E-state index in [9.17, 15) is 14.0 Å². The van der Waals surface area contributed by atoms with Crippen LogP contribution in [0.5, 0.6) is 5.75 Å². The third-order valence-electron chi connectivity index (χ3n) is 4.55. The summed E-state index contributed by atoms with van der Waals surface area (Å²) in [6.07, 6.45) is 0.365. The smallest absolute Gasteiger partial charge is 0.242 e. The Bertz CT molecular complexity index is 793. The van der Waals surface area contributed by atoms with Gasteiger partial charge in [-0.2, -0.15) is 0 Å². The first kappa shape index (κ1) is 21.4. The van der Waals surface area contributed by atoms with E-state index in [-0.39, 0.29) is 24.8 Å². The second-order valence-electron chi connectivity index (χ2n) is 6.46. The fourth-order valence-corrected chi connectivity index (χ4v) is 3.05. The number of nitrogens with zero attached hydrogens (tertiary/aromatic N) is 1. The number of benzene rings is 2. The van der Waals surface area contributed by atoms with Crippen molar-refractivity contribution >= 4 is 11.8 Å². The summed E-state index contributed by atoms with van der Waals surface area (Å²) in [4.78, 5) is 27.1. The van der Waals surface area contributed by atoms with E-state index in [0.29, 0.717) is 24.3 Å². The predicted molar refractivity (Wildman–Crippen MR) is 106 cm³/mol. The Labute approximate surface area is 165 Å². The molecule has 0 saturated carbocycles. The van der Waals surface area contributed by atoms with Crippen molar-refractivity contribution in [2.24, 2.45) is 0 Å². The van der Waals surface area contributed by atoms with Crippen LogP contribution in [0.1, 0.15) is 31.4 Å². The zero-order valence-corrected chi connectivity index (χ0v) is 16.6. The maximum absolute atomic E-state index is 14.0. The van der Waals surface area contributed by atoms with E-state index in [4.69, 9.17) is 4.74 Å². The minimum Gasteiger partial charge on any atom is -0.497 e. The number of hydrogen-bond acceptors (Lipinski definition) is 3. The van der Waals surface area contributed by atoms with Gasteiger partial charge < -0.3 is 15.0 Å². The van der Waals surface area contributed by atoms with E-state index in [1.54, 1.807) is 25.3 Å². The van der Waals surface area contributed by atoms with Crippen LogP contribution in [0.4, 0.5) is 4.39 Å². The minimum atomic E-state index is -0.624. The van der Waals surface area contributed by atoms with Crippen LogP contribution in [0.25, 0.3) is 0 Å². The number of carbonyl (C=O) groups excluding carboxylic acids is 2. The number of amides is 2. The van der Waals surface area contributed by atoms with E-state index in [1.165, 1.54) is 11.0 Å². The second kappa shape index (κ2) is 10.4. The quantitative estimate of drug-likeness (QED) is 0.719. The van der Waals surface area contributed by atoms with Crippen LogP contribution < -0.4 is 10.1 Å². The van der Waals surface area contributed by atoms with Gasteiger partial charge in [0.1, 0.15) is 17.6 Å². The molecule has 0 aliphatic carbocycles. The first-order valence-corrected chi connectivity index (χ1v) is 9.43. The van der Waals surface area contributed by atoms with Gasteiger partial charge in [0.05, 0.1) is 13.5 Å². The molecule has 2 rings (SSSR count). The number of methoxy groups -OCH3 is 1. The first-order valence-electron chi connectivity index (χ1n) is 9.43. The second-order valence-corrected chi connectivity index (χ2v) is 6.46. The van der Waals surface area contributed by atoms with Crippen LogP contribution >= 0.6 is 0 Å². The normalized spacial score (nSPS) is 11.6. The Balaban J connectivity index is 2.29. The molecule has 0 aliphatic rings. The molecule has 0 heterocycles. The first-order chi connectivity index (χ1) is 13.5. The topological polar surface area (TPSA) is 58.6 Å². The van der Waals surface area contributed by atoms with E-state index in [1.807, 2.05) is 38.1 Å². The van der Waals surface area contributed by atoms with Gasteiger partial charge in [0.25, 0.3) is 0 Å². The molecule has 28 heavy (non-hydrogen) atoms. The van der Waals surface area contributed by atoms with Crippen LogP contribution in [0.15, 0.2) is 48.5 Å². The van der Waals surface area contributed by atoms with Crippen LogP contribution in [0, 0.1) is 5.82 Å². The summed E-state index contributed by atoms with van der Waals surface area (Å²) < 4.78 is 19.2. The molecule has 0 radical (unpaired) electrons. The van der Waals surface area contributed by atoms with Gasteiger partial charge in [-0.1, -0.05) is 37.3 Å². The summed E-state index contributed by atoms with van der Waals surface area (Å²) in [5.41, 5.74) is 1.18. The van der Waals surface area contributed by atoms with Crippen LogP contribution in [0.3, 0.4) is 0 Å². The molecule has 1 N–H and O–H groups in total. The maximum atomic E-state index is 14.0. The Hall–Kier alpha value is -2.89. The predicted octanol–water partition coefficient (Wildman–Crippen LogP) is 3.32. The molecule has 0 unspecified atom stereocenters. The van der Waals surface area contributed by atoms with Crippen molar-refractivity contribution in [3.05, 3.63) is 65.5 Å². The highest BCUT2D eigenvalue weighted by molar-refractivity contribution is 5.88.